The summed E-state index contributed by atoms with van der Waals surface area (Å²) in [4.78, 5) is 17.5. The molecular weight excluding hydrogens is 256 g/mol. The fraction of sp³-hybridized carbons (Fsp3) is 0.571. The van der Waals surface area contributed by atoms with Gasteiger partial charge in [-0.05, 0) is 33.0 Å². The molecule has 1 aromatic rings. The highest BCUT2D eigenvalue weighted by Gasteiger charge is 2.35. The first-order chi connectivity index (χ1) is 9.46. The summed E-state index contributed by atoms with van der Waals surface area (Å²) >= 11 is 0. The molecule has 0 atom stereocenters. The van der Waals surface area contributed by atoms with Crippen molar-refractivity contribution in [2.45, 2.75) is 31.2 Å². The minimum Gasteiger partial charge on any atom is -0.478 e. The molecule has 0 amide bonds. The largest absolute Gasteiger partial charge is 0.478 e. The average Bonchev–Trinajstić information content (AvgIpc) is 2.87. The second kappa shape index (κ2) is 5.66. The topological polar surface area (TPSA) is 91.5 Å². The number of nitrogens with two attached hydrogens (primary N) is 1. The maximum Gasteiger partial charge on any atom is 0.337 e. The molecule has 110 valence electrons. The Balaban J connectivity index is 2.15. The van der Waals surface area contributed by atoms with E-state index in [-0.39, 0.29) is 16.8 Å². The molecule has 6 heteroatoms. The lowest BCUT2D eigenvalue weighted by atomic mass is 9.96. The van der Waals surface area contributed by atoms with Crippen LogP contribution in [0.15, 0.2) is 12.3 Å². The van der Waals surface area contributed by atoms with E-state index in [9.17, 15) is 4.79 Å². The van der Waals surface area contributed by atoms with Crippen molar-refractivity contribution in [2.24, 2.45) is 0 Å². The van der Waals surface area contributed by atoms with E-state index in [1.54, 1.807) is 0 Å². The Morgan fingerprint density at radius 1 is 1.50 bits per heavy atom. The zero-order valence-corrected chi connectivity index (χ0v) is 12.0. The molecule has 1 aliphatic carbocycles. The lowest BCUT2D eigenvalue weighted by Gasteiger charge is -2.36. The number of aromatic carboxylic acids is 1. The van der Waals surface area contributed by atoms with Crippen LogP contribution in [0, 0.1) is 0 Å². The van der Waals surface area contributed by atoms with Crippen molar-refractivity contribution < 1.29 is 9.90 Å². The standard InChI is InChI=1S/C14H22N4O2/c1-18(2)14(6-3-4-7-14)9-17-12-11(15)10(13(19)20)5-8-16-12/h5,8H,3-4,6-7,9,15H2,1-2H3,(H,16,17)(H,19,20). The number of carbonyl (C=O) groups is 1. The van der Waals surface area contributed by atoms with Crippen LogP contribution in [0.3, 0.4) is 0 Å². The number of carboxylic acids is 1. The third-order valence-electron chi connectivity index (χ3n) is 4.29. The molecule has 0 bridgehead atoms. The van der Waals surface area contributed by atoms with Crippen molar-refractivity contribution in [1.82, 2.24) is 9.88 Å². The van der Waals surface area contributed by atoms with Crippen LogP contribution in [0.5, 0.6) is 0 Å². The second-order valence-electron chi connectivity index (χ2n) is 5.61. The summed E-state index contributed by atoms with van der Waals surface area (Å²) in [5.41, 5.74) is 6.26. The highest BCUT2D eigenvalue weighted by molar-refractivity contribution is 5.96. The van der Waals surface area contributed by atoms with Gasteiger partial charge >= 0.3 is 5.97 Å². The van der Waals surface area contributed by atoms with Gasteiger partial charge < -0.3 is 21.1 Å². The van der Waals surface area contributed by atoms with Gasteiger partial charge in [0.2, 0.25) is 0 Å². The lowest BCUT2D eigenvalue weighted by molar-refractivity contribution is 0.0698. The van der Waals surface area contributed by atoms with E-state index < -0.39 is 5.97 Å². The number of hydrogen-bond donors (Lipinski definition) is 3. The third-order valence-corrected chi connectivity index (χ3v) is 4.29. The number of likely N-dealkylation sites (N-methyl/N-ethyl adjacent to an activating group) is 1. The molecule has 4 N–H and O–H groups in total. The fourth-order valence-electron chi connectivity index (χ4n) is 2.86. The zero-order chi connectivity index (χ0) is 14.8. The molecule has 1 saturated carbocycles. The number of aromatic nitrogens is 1. The van der Waals surface area contributed by atoms with E-state index in [2.05, 4.69) is 29.3 Å². The molecule has 0 aromatic carbocycles. The molecule has 2 rings (SSSR count). The fourth-order valence-corrected chi connectivity index (χ4v) is 2.86. The van der Waals surface area contributed by atoms with Crippen molar-refractivity contribution in [3.8, 4) is 0 Å². The van der Waals surface area contributed by atoms with Gasteiger partial charge in [0.15, 0.2) is 0 Å². The smallest absolute Gasteiger partial charge is 0.337 e. The lowest BCUT2D eigenvalue weighted by Crippen LogP contribution is -2.47. The number of pyridine rings is 1. The molecule has 20 heavy (non-hydrogen) atoms. The first-order valence-electron chi connectivity index (χ1n) is 6.85. The van der Waals surface area contributed by atoms with Crippen molar-refractivity contribution in [2.75, 3.05) is 31.7 Å². The normalized spacial score (nSPS) is 17.4. The van der Waals surface area contributed by atoms with Crippen LogP contribution >= 0.6 is 0 Å². The van der Waals surface area contributed by atoms with E-state index in [1.807, 2.05) is 0 Å². The number of hydrogen-bond acceptors (Lipinski definition) is 5. The van der Waals surface area contributed by atoms with Crippen molar-refractivity contribution in [3.05, 3.63) is 17.8 Å². The molecule has 1 fully saturated rings. The number of nitrogens with zero attached hydrogens (tertiary/aromatic N) is 2. The van der Waals surface area contributed by atoms with Crippen LogP contribution in [0.1, 0.15) is 36.0 Å². The van der Waals surface area contributed by atoms with Crippen molar-refractivity contribution in [3.63, 3.8) is 0 Å². The van der Waals surface area contributed by atoms with Gasteiger partial charge in [0.05, 0.1) is 11.3 Å². The molecule has 0 saturated heterocycles. The van der Waals surface area contributed by atoms with E-state index in [4.69, 9.17) is 10.8 Å². The van der Waals surface area contributed by atoms with E-state index in [0.717, 1.165) is 19.4 Å². The number of nitrogen functional groups attached to an aromatic ring is 1. The molecule has 0 unspecified atom stereocenters. The highest BCUT2D eigenvalue weighted by atomic mass is 16.4. The highest BCUT2D eigenvalue weighted by Crippen LogP contribution is 2.34. The van der Waals surface area contributed by atoms with Crippen LogP contribution < -0.4 is 11.1 Å². The summed E-state index contributed by atoms with van der Waals surface area (Å²) in [7, 11) is 4.16. The predicted octanol–water partition coefficient (Wildman–Crippen LogP) is 1.65. The summed E-state index contributed by atoms with van der Waals surface area (Å²) in [5.74, 6) is -0.575. The first kappa shape index (κ1) is 14.6. The van der Waals surface area contributed by atoms with Crippen molar-refractivity contribution >= 4 is 17.5 Å². The SMILES string of the molecule is CN(C)C1(CNc2nccc(C(=O)O)c2N)CCCC1. The summed E-state index contributed by atoms with van der Waals surface area (Å²) in [6, 6.07) is 1.42. The van der Waals surface area contributed by atoms with Crippen LogP contribution in [0.2, 0.25) is 0 Å². The Kier molecular flexibility index (Phi) is 4.13. The second-order valence-corrected chi connectivity index (χ2v) is 5.61. The number of nitrogens with one attached hydrogen (secondary N) is 1. The minimum absolute atomic E-state index is 0.0906. The van der Waals surface area contributed by atoms with Crippen molar-refractivity contribution in [1.29, 1.82) is 0 Å². The number of anilines is 2. The van der Waals surface area contributed by atoms with Gasteiger partial charge in [-0.15, -0.1) is 0 Å². The molecule has 0 radical (unpaired) electrons. The Hall–Kier alpha value is -1.82. The summed E-state index contributed by atoms with van der Waals surface area (Å²) in [5, 5.41) is 12.3. The number of carboxylic acid groups (broad SMARTS) is 1. The van der Waals surface area contributed by atoms with Gasteiger partial charge in [-0.2, -0.15) is 0 Å². The van der Waals surface area contributed by atoms with E-state index >= 15 is 0 Å². The Labute approximate surface area is 119 Å². The Morgan fingerprint density at radius 2 is 2.15 bits per heavy atom. The monoisotopic (exact) mass is 278 g/mol. The van der Waals surface area contributed by atoms with Gasteiger partial charge in [0, 0.05) is 18.3 Å². The first-order valence-corrected chi connectivity index (χ1v) is 6.85. The average molecular weight is 278 g/mol. The van der Waals surface area contributed by atoms with Crippen LogP contribution in [-0.4, -0.2) is 47.1 Å². The third kappa shape index (κ3) is 2.70. The molecular formula is C14H22N4O2. The molecule has 1 heterocycles. The number of rotatable bonds is 5. The summed E-state index contributed by atoms with van der Waals surface area (Å²) in [6.45, 7) is 0.722. The summed E-state index contributed by atoms with van der Waals surface area (Å²) < 4.78 is 0. The van der Waals surface area contributed by atoms with Gasteiger partial charge in [0.1, 0.15) is 5.82 Å². The van der Waals surface area contributed by atoms with Crippen LogP contribution in [-0.2, 0) is 0 Å². The maximum atomic E-state index is 11.1. The predicted molar refractivity (Wildman–Crippen MR) is 79.0 cm³/mol. The Bertz CT molecular complexity index is 496. The van der Waals surface area contributed by atoms with Crippen LogP contribution in [0.25, 0.3) is 0 Å². The zero-order valence-electron chi connectivity index (χ0n) is 12.0. The van der Waals surface area contributed by atoms with Gasteiger partial charge in [-0.1, -0.05) is 12.8 Å². The maximum absolute atomic E-state index is 11.1. The van der Waals surface area contributed by atoms with E-state index in [0.29, 0.717) is 5.82 Å². The quantitative estimate of drug-likeness (QED) is 0.758. The minimum atomic E-state index is -1.03. The van der Waals surface area contributed by atoms with Crippen LogP contribution in [0.4, 0.5) is 11.5 Å². The van der Waals surface area contributed by atoms with Gasteiger partial charge in [-0.25, -0.2) is 9.78 Å². The molecule has 1 aliphatic rings. The molecule has 0 aliphatic heterocycles. The Morgan fingerprint density at radius 3 is 2.70 bits per heavy atom. The molecule has 0 spiro atoms. The van der Waals surface area contributed by atoms with Gasteiger partial charge in [-0.3, -0.25) is 0 Å². The molecule has 1 aromatic heterocycles. The summed E-state index contributed by atoms with van der Waals surface area (Å²) in [6.07, 6.45) is 6.17. The molecule has 6 nitrogen and oxygen atoms in total. The van der Waals surface area contributed by atoms with Gasteiger partial charge in [0.25, 0.3) is 0 Å². The van der Waals surface area contributed by atoms with E-state index in [1.165, 1.54) is 25.1 Å².